The molecule has 1 aromatic rings. The molecule has 1 saturated heterocycles. The van der Waals surface area contributed by atoms with Gasteiger partial charge in [-0.2, -0.15) is 4.98 Å². The minimum Gasteiger partial charge on any atom is -0.470 e. The maximum Gasteiger partial charge on any atom is 0.239 e. The molecule has 106 valence electrons. The van der Waals surface area contributed by atoms with E-state index in [2.05, 4.69) is 21.8 Å². The lowest BCUT2D eigenvalue weighted by Gasteiger charge is -2.33. The largest absolute Gasteiger partial charge is 0.470 e. The Labute approximate surface area is 115 Å². The summed E-state index contributed by atoms with van der Waals surface area (Å²) in [6.45, 7) is 10.1. The molecule has 0 unspecified atom stereocenters. The van der Waals surface area contributed by atoms with E-state index in [9.17, 15) is 0 Å². The van der Waals surface area contributed by atoms with Gasteiger partial charge in [0.05, 0.1) is 5.69 Å². The second-order valence-corrected chi connectivity index (χ2v) is 6.07. The molecule has 0 radical (unpaired) electrons. The Kier molecular flexibility index (Phi) is 3.85. The molecule has 0 bridgehead atoms. The fraction of sp³-hybridized carbons (Fsp3) is 0.643. The van der Waals surface area contributed by atoms with Gasteiger partial charge in [-0.15, -0.1) is 0 Å². The Morgan fingerprint density at radius 1 is 1.16 bits per heavy atom. The molecular formula is C14H24N4O. The van der Waals surface area contributed by atoms with Crippen molar-refractivity contribution in [3.63, 3.8) is 0 Å². The van der Waals surface area contributed by atoms with Crippen LogP contribution in [-0.2, 0) is 0 Å². The first-order chi connectivity index (χ1) is 8.85. The molecular weight excluding hydrogens is 240 g/mol. The van der Waals surface area contributed by atoms with Gasteiger partial charge in [-0.1, -0.05) is 0 Å². The molecule has 0 saturated carbocycles. The van der Waals surface area contributed by atoms with Crippen molar-refractivity contribution in [1.82, 2.24) is 9.88 Å². The predicted octanol–water partition coefficient (Wildman–Crippen LogP) is 1.59. The lowest BCUT2D eigenvalue weighted by Crippen LogP contribution is -2.44. The fourth-order valence-electron chi connectivity index (χ4n) is 2.02. The molecule has 0 amide bonds. The molecule has 0 aromatic carbocycles. The van der Waals surface area contributed by atoms with E-state index in [-0.39, 0.29) is 5.60 Å². The summed E-state index contributed by atoms with van der Waals surface area (Å²) < 4.78 is 5.81. The Morgan fingerprint density at radius 3 is 2.37 bits per heavy atom. The number of piperazine rings is 1. The molecule has 0 aliphatic carbocycles. The van der Waals surface area contributed by atoms with Gasteiger partial charge in [0.2, 0.25) is 5.88 Å². The second-order valence-electron chi connectivity index (χ2n) is 6.07. The molecule has 2 heterocycles. The van der Waals surface area contributed by atoms with Crippen molar-refractivity contribution in [2.24, 2.45) is 0 Å². The summed E-state index contributed by atoms with van der Waals surface area (Å²) in [4.78, 5) is 9.16. The van der Waals surface area contributed by atoms with Crippen molar-refractivity contribution in [2.45, 2.75) is 26.4 Å². The van der Waals surface area contributed by atoms with E-state index in [0.29, 0.717) is 11.6 Å². The summed E-state index contributed by atoms with van der Waals surface area (Å²) >= 11 is 0. The highest BCUT2D eigenvalue weighted by Gasteiger charge is 2.19. The minimum absolute atomic E-state index is 0.290. The maximum absolute atomic E-state index is 5.93. The number of nitrogen functional groups attached to an aromatic ring is 1. The van der Waals surface area contributed by atoms with Crippen molar-refractivity contribution in [3.05, 3.63) is 12.1 Å². The zero-order chi connectivity index (χ0) is 14.0. The smallest absolute Gasteiger partial charge is 0.239 e. The van der Waals surface area contributed by atoms with E-state index < -0.39 is 0 Å². The van der Waals surface area contributed by atoms with Gasteiger partial charge < -0.3 is 20.3 Å². The van der Waals surface area contributed by atoms with Crippen molar-refractivity contribution >= 4 is 11.5 Å². The van der Waals surface area contributed by atoms with Crippen LogP contribution in [-0.4, -0.2) is 48.7 Å². The zero-order valence-electron chi connectivity index (χ0n) is 12.3. The van der Waals surface area contributed by atoms with Gasteiger partial charge in [0, 0.05) is 26.2 Å². The molecule has 1 aromatic heterocycles. The van der Waals surface area contributed by atoms with Crippen molar-refractivity contribution < 1.29 is 4.74 Å². The number of ether oxygens (including phenoxy) is 1. The summed E-state index contributed by atoms with van der Waals surface area (Å²) in [7, 11) is 2.14. The highest BCUT2D eigenvalue weighted by molar-refractivity contribution is 5.55. The van der Waals surface area contributed by atoms with E-state index in [1.165, 1.54) is 0 Å². The molecule has 2 N–H and O–H groups in total. The average molecular weight is 264 g/mol. The highest BCUT2D eigenvalue weighted by atomic mass is 16.5. The zero-order valence-corrected chi connectivity index (χ0v) is 12.3. The van der Waals surface area contributed by atoms with Crippen LogP contribution in [0.2, 0.25) is 0 Å². The Hall–Kier alpha value is -1.49. The average Bonchev–Trinajstić information content (AvgIpc) is 2.31. The highest BCUT2D eigenvalue weighted by Crippen LogP contribution is 2.26. The molecule has 5 nitrogen and oxygen atoms in total. The number of pyridine rings is 1. The number of rotatable bonds is 2. The summed E-state index contributed by atoms with van der Waals surface area (Å²) in [5.74, 6) is 1.48. The van der Waals surface area contributed by atoms with Crippen LogP contribution in [0.1, 0.15) is 20.8 Å². The van der Waals surface area contributed by atoms with Gasteiger partial charge in [0.25, 0.3) is 0 Å². The monoisotopic (exact) mass is 264 g/mol. The molecule has 2 rings (SSSR count). The summed E-state index contributed by atoms with van der Waals surface area (Å²) in [5, 5.41) is 0. The van der Waals surface area contributed by atoms with Gasteiger partial charge in [0.1, 0.15) is 11.4 Å². The topological polar surface area (TPSA) is 54.6 Å². The van der Waals surface area contributed by atoms with Gasteiger partial charge >= 0.3 is 0 Å². The Morgan fingerprint density at radius 2 is 1.79 bits per heavy atom. The van der Waals surface area contributed by atoms with E-state index >= 15 is 0 Å². The molecule has 5 heteroatoms. The van der Waals surface area contributed by atoms with Crippen molar-refractivity contribution in [3.8, 4) is 5.88 Å². The number of anilines is 2. The SMILES string of the molecule is CN1CCN(c2ccc(N)c(OC(C)(C)C)n2)CC1. The molecule has 0 spiro atoms. The number of aromatic nitrogens is 1. The maximum atomic E-state index is 5.93. The van der Waals surface area contributed by atoms with Crippen LogP contribution in [0.15, 0.2) is 12.1 Å². The van der Waals surface area contributed by atoms with E-state index in [0.717, 1.165) is 32.0 Å². The first-order valence-electron chi connectivity index (χ1n) is 6.74. The molecule has 0 atom stereocenters. The fourth-order valence-corrected chi connectivity index (χ4v) is 2.02. The summed E-state index contributed by atoms with van der Waals surface area (Å²) in [6.07, 6.45) is 0. The third-order valence-electron chi connectivity index (χ3n) is 3.11. The molecule has 1 aliphatic heterocycles. The normalized spacial score (nSPS) is 17.6. The number of likely N-dealkylation sites (N-methyl/N-ethyl adjacent to an activating group) is 1. The van der Waals surface area contributed by atoms with Gasteiger partial charge in [-0.3, -0.25) is 0 Å². The first kappa shape index (κ1) is 13.9. The van der Waals surface area contributed by atoms with Crippen LogP contribution in [0, 0.1) is 0 Å². The third-order valence-corrected chi connectivity index (χ3v) is 3.11. The predicted molar refractivity (Wildman–Crippen MR) is 78.7 cm³/mol. The summed E-state index contributed by atoms with van der Waals surface area (Å²) in [5.41, 5.74) is 6.23. The Bertz CT molecular complexity index is 434. The van der Waals surface area contributed by atoms with Crippen LogP contribution in [0.25, 0.3) is 0 Å². The van der Waals surface area contributed by atoms with Crippen LogP contribution >= 0.6 is 0 Å². The number of hydrogen-bond acceptors (Lipinski definition) is 5. The molecule has 19 heavy (non-hydrogen) atoms. The van der Waals surface area contributed by atoms with Crippen LogP contribution < -0.4 is 15.4 Å². The number of hydrogen-bond donors (Lipinski definition) is 1. The summed E-state index contributed by atoms with van der Waals surface area (Å²) in [6, 6.07) is 3.85. The van der Waals surface area contributed by atoms with Gasteiger partial charge in [0.15, 0.2) is 0 Å². The van der Waals surface area contributed by atoms with E-state index in [1.807, 2.05) is 32.9 Å². The lowest BCUT2D eigenvalue weighted by atomic mass is 10.2. The van der Waals surface area contributed by atoms with Crippen LogP contribution in [0.3, 0.4) is 0 Å². The molecule has 1 fully saturated rings. The third kappa shape index (κ3) is 3.73. The standard InChI is InChI=1S/C14H24N4O/c1-14(2,3)19-13-11(15)5-6-12(16-13)18-9-7-17(4)8-10-18/h5-6H,7-10,15H2,1-4H3. The first-order valence-corrected chi connectivity index (χ1v) is 6.74. The lowest BCUT2D eigenvalue weighted by molar-refractivity contribution is 0.125. The van der Waals surface area contributed by atoms with E-state index in [1.54, 1.807) is 0 Å². The van der Waals surface area contributed by atoms with Crippen molar-refractivity contribution in [1.29, 1.82) is 0 Å². The van der Waals surface area contributed by atoms with Crippen molar-refractivity contribution in [2.75, 3.05) is 43.9 Å². The van der Waals surface area contributed by atoms with E-state index in [4.69, 9.17) is 10.5 Å². The van der Waals surface area contributed by atoms with Crippen LogP contribution in [0.5, 0.6) is 5.88 Å². The Balaban J connectivity index is 2.16. The molecule has 1 aliphatic rings. The van der Waals surface area contributed by atoms with Gasteiger partial charge in [-0.25, -0.2) is 0 Å². The number of nitrogens with two attached hydrogens (primary N) is 1. The second kappa shape index (κ2) is 5.25. The van der Waals surface area contributed by atoms with Crippen LogP contribution in [0.4, 0.5) is 11.5 Å². The van der Waals surface area contributed by atoms with Gasteiger partial charge in [-0.05, 0) is 40.0 Å². The minimum atomic E-state index is -0.290. The quantitative estimate of drug-likeness (QED) is 0.879. The number of nitrogens with zero attached hydrogens (tertiary/aromatic N) is 3.